The first-order chi connectivity index (χ1) is 9.19. The number of amides is 1. The fraction of sp³-hybridized carbons (Fsp3) is 0.571. The average Bonchev–Trinajstić information content (AvgIpc) is 2.98. The van der Waals surface area contributed by atoms with Crippen LogP contribution in [0.2, 0.25) is 0 Å². The number of hydrogen-bond donors (Lipinski definition) is 3. The van der Waals surface area contributed by atoms with Crippen LogP contribution in [0.15, 0.2) is 18.5 Å². The quantitative estimate of drug-likeness (QED) is 0.763. The molecule has 5 nitrogen and oxygen atoms in total. The molecular weight excluding hydrogens is 240 g/mol. The standard InChI is InChI=1S/C14H20N4O/c1-16-14(10-15)5-2-12(3-6-14)13(19)18-9-11-4-7-17-8-11/h4,7-8,12,16-17H,2-3,5-6,9H2,1H3,(H,18,19). The van der Waals surface area contributed by atoms with E-state index in [4.69, 9.17) is 0 Å². The fourth-order valence-electron chi connectivity index (χ4n) is 2.59. The molecule has 102 valence electrons. The molecule has 1 heterocycles. The molecule has 3 N–H and O–H groups in total. The molecule has 0 unspecified atom stereocenters. The Balaban J connectivity index is 1.81. The normalized spacial score (nSPS) is 26.6. The molecule has 1 aromatic heterocycles. The molecule has 0 radical (unpaired) electrons. The van der Waals surface area contributed by atoms with E-state index in [9.17, 15) is 10.1 Å². The van der Waals surface area contributed by atoms with E-state index in [1.807, 2.05) is 25.5 Å². The van der Waals surface area contributed by atoms with E-state index in [1.165, 1.54) is 0 Å². The molecule has 1 aliphatic carbocycles. The minimum Gasteiger partial charge on any atom is -0.367 e. The summed E-state index contributed by atoms with van der Waals surface area (Å²) in [4.78, 5) is 15.0. The highest BCUT2D eigenvalue weighted by molar-refractivity contribution is 5.78. The summed E-state index contributed by atoms with van der Waals surface area (Å²) in [5.74, 6) is 0.137. The lowest BCUT2D eigenvalue weighted by Gasteiger charge is -2.33. The summed E-state index contributed by atoms with van der Waals surface area (Å²) >= 11 is 0. The predicted octanol–water partition coefficient (Wildman–Crippen LogP) is 1.30. The van der Waals surface area contributed by atoms with Crippen molar-refractivity contribution in [3.05, 3.63) is 24.0 Å². The van der Waals surface area contributed by atoms with Gasteiger partial charge in [0.15, 0.2) is 0 Å². The number of carbonyl (C=O) groups is 1. The number of aromatic amines is 1. The number of nitrogens with zero attached hydrogens (tertiary/aromatic N) is 1. The molecule has 1 aromatic rings. The van der Waals surface area contributed by atoms with Gasteiger partial charge in [0.05, 0.1) is 6.07 Å². The van der Waals surface area contributed by atoms with E-state index in [0.29, 0.717) is 6.54 Å². The maximum atomic E-state index is 12.1. The molecule has 5 heteroatoms. The van der Waals surface area contributed by atoms with E-state index < -0.39 is 5.54 Å². The Morgan fingerprint density at radius 3 is 2.84 bits per heavy atom. The molecule has 0 atom stereocenters. The number of carbonyl (C=O) groups excluding carboxylic acids is 1. The van der Waals surface area contributed by atoms with Crippen LogP contribution in [0.3, 0.4) is 0 Å². The monoisotopic (exact) mass is 260 g/mol. The Morgan fingerprint density at radius 1 is 1.58 bits per heavy atom. The highest BCUT2D eigenvalue weighted by atomic mass is 16.1. The van der Waals surface area contributed by atoms with Gasteiger partial charge in [-0.2, -0.15) is 5.26 Å². The SMILES string of the molecule is CNC1(C#N)CCC(C(=O)NCc2cc[nH]c2)CC1. The van der Waals surface area contributed by atoms with Crippen LogP contribution in [0.1, 0.15) is 31.2 Å². The third-order valence-corrected chi connectivity index (χ3v) is 4.03. The smallest absolute Gasteiger partial charge is 0.223 e. The third kappa shape index (κ3) is 3.15. The van der Waals surface area contributed by atoms with Gasteiger partial charge in [0.1, 0.15) is 5.54 Å². The molecule has 0 aromatic carbocycles. The Kier molecular flexibility index (Phi) is 4.23. The molecule has 1 aliphatic rings. The Morgan fingerprint density at radius 2 is 2.32 bits per heavy atom. The Bertz CT molecular complexity index is 452. The maximum absolute atomic E-state index is 12.1. The van der Waals surface area contributed by atoms with Gasteiger partial charge in [-0.05, 0) is 44.4 Å². The van der Waals surface area contributed by atoms with Gasteiger partial charge in [0.2, 0.25) is 5.91 Å². The lowest BCUT2D eigenvalue weighted by atomic mass is 9.77. The number of aromatic nitrogens is 1. The van der Waals surface area contributed by atoms with E-state index in [2.05, 4.69) is 21.7 Å². The van der Waals surface area contributed by atoms with Crippen molar-refractivity contribution in [2.75, 3.05) is 7.05 Å². The van der Waals surface area contributed by atoms with Crippen LogP contribution >= 0.6 is 0 Å². The lowest BCUT2D eigenvalue weighted by molar-refractivity contribution is -0.126. The van der Waals surface area contributed by atoms with Crippen LogP contribution in [0.5, 0.6) is 0 Å². The average molecular weight is 260 g/mol. The largest absolute Gasteiger partial charge is 0.367 e. The molecule has 0 spiro atoms. The number of hydrogen-bond acceptors (Lipinski definition) is 3. The predicted molar refractivity (Wildman–Crippen MR) is 72.0 cm³/mol. The van der Waals surface area contributed by atoms with Crippen molar-refractivity contribution in [3.63, 3.8) is 0 Å². The van der Waals surface area contributed by atoms with E-state index >= 15 is 0 Å². The number of nitriles is 1. The molecule has 0 bridgehead atoms. The van der Waals surface area contributed by atoms with Gasteiger partial charge in [0, 0.05) is 24.9 Å². The Hall–Kier alpha value is -1.80. The zero-order chi connectivity index (χ0) is 13.7. The van der Waals surface area contributed by atoms with Gasteiger partial charge in [-0.3, -0.25) is 4.79 Å². The summed E-state index contributed by atoms with van der Waals surface area (Å²) in [5.41, 5.74) is 0.642. The zero-order valence-corrected chi connectivity index (χ0v) is 11.2. The van der Waals surface area contributed by atoms with Crippen LogP contribution in [0.25, 0.3) is 0 Å². The molecule has 19 heavy (non-hydrogen) atoms. The van der Waals surface area contributed by atoms with Gasteiger partial charge in [-0.1, -0.05) is 0 Å². The van der Waals surface area contributed by atoms with Gasteiger partial charge in [-0.25, -0.2) is 0 Å². The van der Waals surface area contributed by atoms with Crippen molar-refractivity contribution in [3.8, 4) is 6.07 Å². The van der Waals surface area contributed by atoms with Crippen LogP contribution < -0.4 is 10.6 Å². The van der Waals surface area contributed by atoms with Crippen LogP contribution in [-0.2, 0) is 11.3 Å². The molecule has 2 rings (SSSR count). The first-order valence-electron chi connectivity index (χ1n) is 6.69. The third-order valence-electron chi connectivity index (χ3n) is 4.03. The molecule has 0 aliphatic heterocycles. The zero-order valence-electron chi connectivity index (χ0n) is 11.2. The molecule has 1 fully saturated rings. The second-order valence-electron chi connectivity index (χ2n) is 5.16. The maximum Gasteiger partial charge on any atom is 0.223 e. The second kappa shape index (κ2) is 5.89. The summed E-state index contributed by atoms with van der Waals surface area (Å²) < 4.78 is 0. The van der Waals surface area contributed by atoms with Gasteiger partial charge in [0.25, 0.3) is 0 Å². The summed E-state index contributed by atoms with van der Waals surface area (Å²) in [6.45, 7) is 0.564. The van der Waals surface area contributed by atoms with Gasteiger partial charge >= 0.3 is 0 Å². The summed E-state index contributed by atoms with van der Waals surface area (Å²) in [5, 5.41) is 15.2. The van der Waals surface area contributed by atoms with Crippen LogP contribution in [-0.4, -0.2) is 23.5 Å². The highest BCUT2D eigenvalue weighted by Gasteiger charge is 2.36. The number of rotatable bonds is 4. The van der Waals surface area contributed by atoms with Crippen molar-refractivity contribution in [1.29, 1.82) is 5.26 Å². The van der Waals surface area contributed by atoms with Crippen molar-refractivity contribution in [1.82, 2.24) is 15.6 Å². The first kappa shape index (κ1) is 13.6. The van der Waals surface area contributed by atoms with Crippen LogP contribution in [0, 0.1) is 17.2 Å². The summed E-state index contributed by atoms with van der Waals surface area (Å²) in [7, 11) is 1.82. The van der Waals surface area contributed by atoms with E-state index in [1.54, 1.807) is 0 Å². The molecule has 0 saturated heterocycles. The van der Waals surface area contributed by atoms with E-state index in [0.717, 1.165) is 31.2 Å². The summed E-state index contributed by atoms with van der Waals surface area (Å²) in [6.07, 6.45) is 6.74. The first-order valence-corrected chi connectivity index (χ1v) is 6.69. The molecular formula is C14H20N4O. The van der Waals surface area contributed by atoms with Crippen molar-refractivity contribution < 1.29 is 4.79 Å². The van der Waals surface area contributed by atoms with E-state index in [-0.39, 0.29) is 11.8 Å². The van der Waals surface area contributed by atoms with Crippen molar-refractivity contribution in [2.24, 2.45) is 5.92 Å². The lowest BCUT2D eigenvalue weighted by Crippen LogP contribution is -2.46. The molecule has 1 amide bonds. The van der Waals surface area contributed by atoms with Crippen molar-refractivity contribution in [2.45, 2.75) is 37.8 Å². The minimum absolute atomic E-state index is 0.0359. The number of nitrogens with one attached hydrogen (secondary N) is 3. The topological polar surface area (TPSA) is 80.7 Å². The van der Waals surface area contributed by atoms with Gasteiger partial charge < -0.3 is 15.6 Å². The fourth-order valence-corrected chi connectivity index (χ4v) is 2.59. The number of H-pyrrole nitrogens is 1. The van der Waals surface area contributed by atoms with Crippen molar-refractivity contribution >= 4 is 5.91 Å². The summed E-state index contributed by atoms with van der Waals surface area (Å²) in [6, 6.07) is 4.28. The van der Waals surface area contributed by atoms with Gasteiger partial charge in [-0.15, -0.1) is 0 Å². The molecule has 1 saturated carbocycles. The Labute approximate surface area is 113 Å². The highest BCUT2D eigenvalue weighted by Crippen LogP contribution is 2.31. The van der Waals surface area contributed by atoms with Crippen LogP contribution in [0.4, 0.5) is 0 Å². The minimum atomic E-state index is -0.433. The second-order valence-corrected chi connectivity index (χ2v) is 5.16.